The first-order chi connectivity index (χ1) is 7.66. The van der Waals surface area contributed by atoms with Crippen molar-refractivity contribution in [1.29, 1.82) is 0 Å². The molecule has 2 atom stereocenters. The molecule has 1 aromatic carbocycles. The summed E-state index contributed by atoms with van der Waals surface area (Å²) in [4.78, 5) is 22.0. The first-order valence-electron chi connectivity index (χ1n) is 4.98. The van der Waals surface area contributed by atoms with E-state index in [0.717, 1.165) is 5.56 Å². The number of amides is 1. The van der Waals surface area contributed by atoms with E-state index in [1.165, 1.54) is 0 Å². The summed E-state index contributed by atoms with van der Waals surface area (Å²) in [6, 6.07) is 8.20. The van der Waals surface area contributed by atoms with Crippen molar-refractivity contribution in [3.63, 3.8) is 0 Å². The van der Waals surface area contributed by atoms with Gasteiger partial charge in [0.1, 0.15) is 6.17 Å². The van der Waals surface area contributed by atoms with Crippen molar-refractivity contribution in [3.05, 3.63) is 35.9 Å². The SMILES string of the molecule is O=C1C[C@@H](C(=O)[O-])NC(c2ccccc2)N1.[Na+]. The molecule has 2 N–H and O–H groups in total. The van der Waals surface area contributed by atoms with Crippen LogP contribution in [0.3, 0.4) is 0 Å². The maximum absolute atomic E-state index is 11.3. The molecule has 1 fully saturated rings. The zero-order valence-corrected chi connectivity index (χ0v) is 11.5. The molecule has 0 aliphatic carbocycles. The summed E-state index contributed by atoms with van der Waals surface area (Å²) < 4.78 is 0. The van der Waals surface area contributed by atoms with Gasteiger partial charge in [0.2, 0.25) is 5.91 Å². The standard InChI is InChI=1S/C11H12N2O3.Na/c14-9-6-8(11(15)16)12-10(13-9)7-4-2-1-3-5-7;/h1-5,8,10,12H,6H2,(H,13,14)(H,15,16);/q;+1/p-1/t8-,10?;/m0./s1. The van der Waals surface area contributed by atoms with E-state index in [1.54, 1.807) is 0 Å². The molecule has 1 aliphatic rings. The second kappa shape index (κ2) is 6.16. The predicted octanol–water partition coefficient (Wildman–Crippen LogP) is -4.08. The molecule has 5 nitrogen and oxygen atoms in total. The minimum Gasteiger partial charge on any atom is -0.548 e. The molecular formula is C11H11N2NaO3. The number of carboxylic acid groups (broad SMARTS) is 1. The second-order valence-corrected chi connectivity index (χ2v) is 3.65. The number of hydrogen-bond acceptors (Lipinski definition) is 4. The van der Waals surface area contributed by atoms with Crippen molar-refractivity contribution in [1.82, 2.24) is 10.6 Å². The van der Waals surface area contributed by atoms with Gasteiger partial charge in [-0.15, -0.1) is 0 Å². The van der Waals surface area contributed by atoms with Gasteiger partial charge in [0, 0.05) is 6.42 Å². The fourth-order valence-electron chi connectivity index (χ4n) is 1.68. The predicted molar refractivity (Wildman–Crippen MR) is 53.9 cm³/mol. The van der Waals surface area contributed by atoms with E-state index >= 15 is 0 Å². The number of carbonyl (C=O) groups is 2. The summed E-state index contributed by atoms with van der Waals surface area (Å²) in [5.41, 5.74) is 0.821. The van der Waals surface area contributed by atoms with Crippen LogP contribution in [-0.2, 0) is 9.59 Å². The van der Waals surface area contributed by atoms with Gasteiger partial charge in [-0.2, -0.15) is 0 Å². The van der Waals surface area contributed by atoms with Crippen LogP contribution in [0.5, 0.6) is 0 Å². The normalized spacial score (nSPS) is 23.4. The van der Waals surface area contributed by atoms with Gasteiger partial charge in [-0.3, -0.25) is 10.1 Å². The van der Waals surface area contributed by atoms with E-state index in [4.69, 9.17) is 0 Å². The van der Waals surface area contributed by atoms with Crippen molar-refractivity contribution < 1.29 is 44.3 Å². The third kappa shape index (κ3) is 3.54. The molecule has 2 rings (SSSR count). The minimum absolute atomic E-state index is 0. The summed E-state index contributed by atoms with van der Waals surface area (Å²) >= 11 is 0. The molecular weight excluding hydrogens is 231 g/mol. The Labute approximate surface area is 121 Å². The van der Waals surface area contributed by atoms with E-state index in [0.29, 0.717) is 0 Å². The van der Waals surface area contributed by atoms with E-state index < -0.39 is 18.2 Å². The Balaban J connectivity index is 0.00000144. The zero-order valence-electron chi connectivity index (χ0n) is 9.47. The molecule has 1 saturated heterocycles. The van der Waals surface area contributed by atoms with Crippen molar-refractivity contribution in [2.45, 2.75) is 18.6 Å². The number of nitrogens with one attached hydrogen (secondary N) is 2. The molecule has 1 unspecified atom stereocenters. The summed E-state index contributed by atoms with van der Waals surface area (Å²) in [6.07, 6.45) is -0.559. The van der Waals surface area contributed by atoms with Crippen LogP contribution in [0, 0.1) is 0 Å². The maximum Gasteiger partial charge on any atom is 1.00 e. The number of hydrogen-bond donors (Lipinski definition) is 2. The van der Waals surface area contributed by atoms with Gasteiger partial charge in [-0.05, 0) is 5.56 Å². The first-order valence-corrected chi connectivity index (χ1v) is 4.98. The molecule has 17 heavy (non-hydrogen) atoms. The summed E-state index contributed by atoms with van der Waals surface area (Å²) in [5.74, 6) is -1.54. The van der Waals surface area contributed by atoms with E-state index in [2.05, 4.69) is 10.6 Å². The average molecular weight is 242 g/mol. The average Bonchev–Trinajstić information content (AvgIpc) is 2.29. The molecule has 1 amide bonds. The van der Waals surface area contributed by atoms with Crippen LogP contribution >= 0.6 is 0 Å². The largest absolute Gasteiger partial charge is 1.00 e. The van der Waals surface area contributed by atoms with Crippen LogP contribution in [0.2, 0.25) is 0 Å². The van der Waals surface area contributed by atoms with Crippen LogP contribution in [0.1, 0.15) is 18.2 Å². The smallest absolute Gasteiger partial charge is 0.548 e. The Morgan fingerprint density at radius 1 is 1.29 bits per heavy atom. The number of carbonyl (C=O) groups excluding carboxylic acids is 2. The zero-order chi connectivity index (χ0) is 11.5. The Hall–Kier alpha value is -0.880. The van der Waals surface area contributed by atoms with Crippen molar-refractivity contribution in [2.24, 2.45) is 0 Å². The fourth-order valence-corrected chi connectivity index (χ4v) is 1.68. The number of carboxylic acids is 1. The Morgan fingerprint density at radius 2 is 1.94 bits per heavy atom. The van der Waals surface area contributed by atoms with Crippen LogP contribution in [-0.4, -0.2) is 17.9 Å². The summed E-state index contributed by atoms with van der Waals surface area (Å²) in [5, 5.41) is 16.2. The number of aliphatic carboxylic acids is 1. The maximum atomic E-state index is 11.3. The van der Waals surface area contributed by atoms with Gasteiger partial charge in [-0.25, -0.2) is 0 Å². The molecule has 6 heteroatoms. The summed E-state index contributed by atoms with van der Waals surface area (Å²) in [6.45, 7) is 0. The molecule has 0 radical (unpaired) electrons. The van der Waals surface area contributed by atoms with Crippen molar-refractivity contribution in [2.75, 3.05) is 0 Å². The molecule has 0 saturated carbocycles. The van der Waals surface area contributed by atoms with E-state index in [9.17, 15) is 14.7 Å². The number of benzene rings is 1. The molecule has 84 valence electrons. The molecule has 0 spiro atoms. The van der Waals surface area contributed by atoms with Crippen LogP contribution in [0.4, 0.5) is 0 Å². The van der Waals surface area contributed by atoms with Crippen LogP contribution in [0.25, 0.3) is 0 Å². The van der Waals surface area contributed by atoms with Gasteiger partial charge in [0.15, 0.2) is 0 Å². The van der Waals surface area contributed by atoms with Crippen molar-refractivity contribution >= 4 is 11.9 Å². The first kappa shape index (κ1) is 14.2. The van der Waals surface area contributed by atoms with Gasteiger partial charge in [0.05, 0.1) is 12.0 Å². The van der Waals surface area contributed by atoms with E-state index in [-0.39, 0.29) is 41.9 Å². The van der Waals surface area contributed by atoms with Crippen molar-refractivity contribution in [3.8, 4) is 0 Å². The summed E-state index contributed by atoms with van der Waals surface area (Å²) in [7, 11) is 0. The van der Waals surface area contributed by atoms with Gasteiger partial charge in [0.25, 0.3) is 0 Å². The molecule has 1 aliphatic heterocycles. The monoisotopic (exact) mass is 242 g/mol. The van der Waals surface area contributed by atoms with Crippen LogP contribution in [0.15, 0.2) is 30.3 Å². The third-order valence-electron chi connectivity index (χ3n) is 2.48. The topological polar surface area (TPSA) is 81.3 Å². The quantitative estimate of drug-likeness (QED) is 0.517. The van der Waals surface area contributed by atoms with Gasteiger partial charge >= 0.3 is 29.6 Å². The van der Waals surface area contributed by atoms with Crippen LogP contribution < -0.4 is 45.3 Å². The number of rotatable bonds is 2. The second-order valence-electron chi connectivity index (χ2n) is 3.65. The third-order valence-corrected chi connectivity index (χ3v) is 2.48. The molecule has 0 aromatic heterocycles. The Kier molecular flexibility index (Phi) is 5.14. The van der Waals surface area contributed by atoms with Gasteiger partial charge < -0.3 is 15.2 Å². The Morgan fingerprint density at radius 3 is 2.53 bits per heavy atom. The van der Waals surface area contributed by atoms with E-state index in [1.807, 2.05) is 30.3 Å². The Bertz CT molecular complexity index is 410. The molecule has 1 aromatic rings. The molecule has 1 heterocycles. The molecule has 0 bridgehead atoms. The van der Waals surface area contributed by atoms with Gasteiger partial charge in [-0.1, -0.05) is 30.3 Å². The fraction of sp³-hybridized carbons (Fsp3) is 0.273. The minimum atomic E-state index is -1.25.